The summed E-state index contributed by atoms with van der Waals surface area (Å²) < 4.78 is 0. The van der Waals surface area contributed by atoms with E-state index in [0.717, 1.165) is 38.6 Å². The molecule has 0 bridgehead atoms. The van der Waals surface area contributed by atoms with Crippen LogP contribution < -0.4 is 10.6 Å². The van der Waals surface area contributed by atoms with Crippen molar-refractivity contribution >= 4 is 5.91 Å². The van der Waals surface area contributed by atoms with Gasteiger partial charge >= 0.3 is 0 Å². The van der Waals surface area contributed by atoms with Crippen LogP contribution in [0.5, 0.6) is 0 Å². The number of nitrogens with one attached hydrogen (secondary N) is 2. The molecule has 0 atom stereocenters. The van der Waals surface area contributed by atoms with Gasteiger partial charge in [0.05, 0.1) is 0 Å². The zero-order chi connectivity index (χ0) is 11.8. The highest BCUT2D eigenvalue weighted by molar-refractivity contribution is 5.75. The molecule has 0 aromatic heterocycles. The highest BCUT2D eigenvalue weighted by Gasteiger charge is 2.27. The molecule has 0 aromatic carbocycles. The number of hydrogen-bond acceptors (Lipinski definition) is 3. The van der Waals surface area contributed by atoms with Gasteiger partial charge in [-0.2, -0.15) is 0 Å². The molecule has 0 aliphatic heterocycles. The van der Waals surface area contributed by atoms with Gasteiger partial charge in [-0.15, -0.1) is 0 Å². The minimum atomic E-state index is 0.183. The van der Waals surface area contributed by atoms with Crippen molar-refractivity contribution in [3.8, 4) is 0 Å². The molecular formula is C12H25N3O. The molecule has 0 unspecified atom stereocenters. The molecule has 1 rings (SSSR count). The maximum atomic E-state index is 11.4. The fraction of sp³-hybridized carbons (Fsp3) is 0.917. The predicted octanol–water partition coefficient (Wildman–Crippen LogP) is 0.587. The summed E-state index contributed by atoms with van der Waals surface area (Å²) in [4.78, 5) is 13.9. The van der Waals surface area contributed by atoms with Crippen molar-refractivity contribution in [3.05, 3.63) is 0 Å². The van der Waals surface area contributed by atoms with Crippen LogP contribution in [0.3, 0.4) is 0 Å². The van der Waals surface area contributed by atoms with E-state index in [-0.39, 0.29) is 5.91 Å². The molecule has 1 saturated carbocycles. The molecule has 0 radical (unpaired) electrons. The van der Waals surface area contributed by atoms with Gasteiger partial charge in [0.2, 0.25) is 5.91 Å². The van der Waals surface area contributed by atoms with Crippen molar-refractivity contribution < 1.29 is 4.79 Å². The lowest BCUT2D eigenvalue weighted by Crippen LogP contribution is -2.36. The number of nitrogens with zero attached hydrogens (tertiary/aromatic N) is 1. The molecule has 16 heavy (non-hydrogen) atoms. The Morgan fingerprint density at radius 3 is 2.69 bits per heavy atom. The molecule has 0 spiro atoms. The SMILES string of the molecule is CCN(CCNC(=O)CCCNC)C1CC1. The Balaban J connectivity index is 1.98. The molecular weight excluding hydrogens is 202 g/mol. The van der Waals surface area contributed by atoms with Gasteiger partial charge in [-0.1, -0.05) is 6.92 Å². The van der Waals surface area contributed by atoms with Gasteiger partial charge in [0.15, 0.2) is 0 Å². The zero-order valence-corrected chi connectivity index (χ0v) is 10.6. The first-order valence-electron chi connectivity index (χ1n) is 6.43. The normalized spacial score (nSPS) is 15.4. The average molecular weight is 227 g/mol. The third-order valence-electron chi connectivity index (χ3n) is 3.02. The summed E-state index contributed by atoms with van der Waals surface area (Å²) in [6, 6.07) is 0.797. The topological polar surface area (TPSA) is 44.4 Å². The van der Waals surface area contributed by atoms with E-state index in [1.165, 1.54) is 12.8 Å². The van der Waals surface area contributed by atoms with Crippen LogP contribution >= 0.6 is 0 Å². The van der Waals surface area contributed by atoms with Crippen LogP contribution in [0.25, 0.3) is 0 Å². The third-order valence-corrected chi connectivity index (χ3v) is 3.02. The lowest BCUT2D eigenvalue weighted by atomic mass is 10.3. The molecule has 4 nitrogen and oxygen atoms in total. The lowest BCUT2D eigenvalue weighted by molar-refractivity contribution is -0.121. The minimum Gasteiger partial charge on any atom is -0.355 e. The summed E-state index contributed by atoms with van der Waals surface area (Å²) in [5, 5.41) is 6.02. The molecule has 4 heteroatoms. The Labute approximate surface area is 98.8 Å². The summed E-state index contributed by atoms with van der Waals surface area (Å²) >= 11 is 0. The molecule has 0 aromatic rings. The number of carbonyl (C=O) groups is 1. The van der Waals surface area contributed by atoms with Crippen molar-refractivity contribution in [1.82, 2.24) is 15.5 Å². The monoisotopic (exact) mass is 227 g/mol. The highest BCUT2D eigenvalue weighted by atomic mass is 16.1. The maximum absolute atomic E-state index is 11.4. The summed E-state index contributed by atoms with van der Waals surface area (Å²) in [5.41, 5.74) is 0. The number of likely N-dealkylation sites (N-methyl/N-ethyl adjacent to an activating group) is 1. The Morgan fingerprint density at radius 2 is 2.12 bits per heavy atom. The zero-order valence-electron chi connectivity index (χ0n) is 10.6. The van der Waals surface area contributed by atoms with E-state index in [2.05, 4.69) is 22.5 Å². The number of carbonyl (C=O) groups excluding carboxylic acids is 1. The molecule has 0 heterocycles. The first-order valence-corrected chi connectivity index (χ1v) is 6.43. The molecule has 1 aliphatic carbocycles. The van der Waals surface area contributed by atoms with E-state index in [0.29, 0.717) is 6.42 Å². The van der Waals surface area contributed by atoms with Gasteiger partial charge < -0.3 is 10.6 Å². The fourth-order valence-electron chi connectivity index (χ4n) is 1.89. The van der Waals surface area contributed by atoms with E-state index in [1.807, 2.05) is 7.05 Å². The van der Waals surface area contributed by atoms with Gasteiger partial charge in [0, 0.05) is 25.6 Å². The fourth-order valence-corrected chi connectivity index (χ4v) is 1.89. The van der Waals surface area contributed by atoms with E-state index in [4.69, 9.17) is 0 Å². The van der Waals surface area contributed by atoms with Crippen LogP contribution in [0.2, 0.25) is 0 Å². The van der Waals surface area contributed by atoms with Gasteiger partial charge in [0.25, 0.3) is 0 Å². The van der Waals surface area contributed by atoms with E-state index >= 15 is 0 Å². The first-order chi connectivity index (χ1) is 7.77. The second kappa shape index (κ2) is 7.63. The van der Waals surface area contributed by atoms with Crippen molar-refractivity contribution in [2.45, 2.75) is 38.6 Å². The molecule has 94 valence electrons. The molecule has 0 saturated heterocycles. The number of rotatable bonds is 9. The molecule has 1 fully saturated rings. The molecule has 2 N–H and O–H groups in total. The Hall–Kier alpha value is -0.610. The maximum Gasteiger partial charge on any atom is 0.220 e. The quantitative estimate of drug-likeness (QED) is 0.567. The van der Waals surface area contributed by atoms with Crippen molar-refractivity contribution in [2.24, 2.45) is 0 Å². The minimum absolute atomic E-state index is 0.183. The van der Waals surface area contributed by atoms with Gasteiger partial charge in [-0.25, -0.2) is 0 Å². The van der Waals surface area contributed by atoms with Gasteiger partial charge in [-0.3, -0.25) is 9.69 Å². The molecule has 1 amide bonds. The summed E-state index contributed by atoms with van der Waals surface area (Å²) in [7, 11) is 1.91. The van der Waals surface area contributed by atoms with Gasteiger partial charge in [0.1, 0.15) is 0 Å². The van der Waals surface area contributed by atoms with Crippen molar-refractivity contribution in [2.75, 3.05) is 33.2 Å². The smallest absolute Gasteiger partial charge is 0.220 e. The Kier molecular flexibility index (Phi) is 6.42. The Bertz CT molecular complexity index is 204. The summed E-state index contributed by atoms with van der Waals surface area (Å²) in [6.07, 6.45) is 4.23. The molecule has 1 aliphatic rings. The summed E-state index contributed by atoms with van der Waals surface area (Å²) in [6.45, 7) is 5.99. The number of amides is 1. The number of hydrogen-bond donors (Lipinski definition) is 2. The van der Waals surface area contributed by atoms with E-state index < -0.39 is 0 Å². The van der Waals surface area contributed by atoms with Crippen LogP contribution in [-0.4, -0.2) is 50.1 Å². The second-order valence-corrected chi connectivity index (χ2v) is 4.42. The van der Waals surface area contributed by atoms with Crippen LogP contribution in [0.4, 0.5) is 0 Å². The van der Waals surface area contributed by atoms with Crippen LogP contribution in [-0.2, 0) is 4.79 Å². The van der Waals surface area contributed by atoms with Crippen LogP contribution in [0.15, 0.2) is 0 Å². The van der Waals surface area contributed by atoms with E-state index in [9.17, 15) is 4.79 Å². The first kappa shape index (κ1) is 13.5. The second-order valence-electron chi connectivity index (χ2n) is 4.42. The standard InChI is InChI=1S/C12H25N3O/c1-3-15(11-6-7-11)10-9-14-12(16)5-4-8-13-2/h11,13H,3-10H2,1-2H3,(H,14,16). The lowest BCUT2D eigenvalue weighted by Gasteiger charge is -2.19. The third kappa shape index (κ3) is 5.47. The van der Waals surface area contributed by atoms with Crippen LogP contribution in [0, 0.1) is 0 Å². The summed E-state index contributed by atoms with van der Waals surface area (Å²) in [5.74, 6) is 0.183. The largest absolute Gasteiger partial charge is 0.355 e. The Morgan fingerprint density at radius 1 is 1.38 bits per heavy atom. The van der Waals surface area contributed by atoms with E-state index in [1.54, 1.807) is 0 Å². The van der Waals surface area contributed by atoms with Crippen molar-refractivity contribution in [1.29, 1.82) is 0 Å². The highest BCUT2D eigenvalue weighted by Crippen LogP contribution is 2.25. The van der Waals surface area contributed by atoms with Gasteiger partial charge in [-0.05, 0) is 39.4 Å². The van der Waals surface area contributed by atoms with Crippen LogP contribution in [0.1, 0.15) is 32.6 Å². The predicted molar refractivity (Wildman–Crippen MR) is 66.4 cm³/mol. The average Bonchev–Trinajstić information content (AvgIpc) is 3.09. The van der Waals surface area contributed by atoms with Crippen molar-refractivity contribution in [3.63, 3.8) is 0 Å².